The quantitative estimate of drug-likeness (QED) is 0.296. The molecule has 3 heterocycles. The van der Waals surface area contributed by atoms with Crippen molar-refractivity contribution in [1.82, 2.24) is 24.4 Å². The van der Waals surface area contributed by atoms with E-state index in [1.165, 1.54) is 12.1 Å². The third-order valence-electron chi connectivity index (χ3n) is 6.40. The van der Waals surface area contributed by atoms with Crippen molar-refractivity contribution in [2.45, 2.75) is 19.4 Å². The van der Waals surface area contributed by atoms with Crippen LogP contribution in [0.15, 0.2) is 67.6 Å². The third-order valence-corrected chi connectivity index (χ3v) is 6.40. The molecular weight excluding hydrogens is 499 g/mol. The van der Waals surface area contributed by atoms with Gasteiger partial charge in [-0.15, -0.1) is 0 Å². The van der Waals surface area contributed by atoms with E-state index in [-0.39, 0.29) is 11.7 Å². The Labute approximate surface area is 225 Å². The molecule has 202 valence electrons. The number of β-amino-alcohol motifs (C(OH)–C–C–N with tert-alkyl or cyclic N) is 1. The molecule has 3 N–H and O–H groups in total. The number of nitrogens with zero attached hydrogens (tertiary/aromatic N) is 6. The van der Waals surface area contributed by atoms with Gasteiger partial charge in [-0.3, -0.25) is 14.3 Å². The summed E-state index contributed by atoms with van der Waals surface area (Å²) in [6.07, 6.45) is 4.44. The van der Waals surface area contributed by atoms with Gasteiger partial charge in [0.1, 0.15) is 17.7 Å². The number of carbonyl (C=O) groups is 1. The van der Waals surface area contributed by atoms with Crippen molar-refractivity contribution in [1.29, 1.82) is 0 Å². The molecule has 0 radical (unpaired) electrons. The average molecular weight is 531 g/mol. The summed E-state index contributed by atoms with van der Waals surface area (Å²) in [6.45, 7) is 10.5. The number of imidazole rings is 1. The van der Waals surface area contributed by atoms with E-state index in [9.17, 15) is 9.90 Å². The average Bonchev–Trinajstić information content (AvgIpc) is 3.32. The summed E-state index contributed by atoms with van der Waals surface area (Å²) in [7, 11) is 0. The van der Waals surface area contributed by atoms with Crippen molar-refractivity contribution in [3.8, 4) is 5.69 Å². The van der Waals surface area contributed by atoms with Crippen LogP contribution in [0.5, 0.6) is 0 Å². The fraction of sp³-hybridized carbons (Fsp3) is 0.286. The zero-order valence-corrected chi connectivity index (χ0v) is 21.9. The monoisotopic (exact) mass is 530 g/mol. The van der Waals surface area contributed by atoms with Crippen molar-refractivity contribution in [3.63, 3.8) is 0 Å². The second kappa shape index (κ2) is 10.8. The number of piperazine rings is 1. The van der Waals surface area contributed by atoms with Crippen LogP contribution >= 0.6 is 0 Å². The topological polar surface area (TPSA) is 111 Å². The molecule has 10 nitrogen and oxygen atoms in total. The lowest BCUT2D eigenvalue weighted by atomic mass is 10.1. The number of aromatic nitrogens is 4. The molecule has 0 spiro atoms. The predicted octanol–water partition coefficient (Wildman–Crippen LogP) is 3.72. The number of hydrogen-bond donors (Lipinski definition) is 3. The number of aliphatic hydroxyl groups is 1. The molecule has 1 saturated heterocycles. The van der Waals surface area contributed by atoms with Crippen LogP contribution in [0.4, 0.5) is 27.4 Å². The Morgan fingerprint density at radius 1 is 1.13 bits per heavy atom. The summed E-state index contributed by atoms with van der Waals surface area (Å²) in [5.74, 6) is -0.337. The van der Waals surface area contributed by atoms with Crippen molar-refractivity contribution in [2.75, 3.05) is 48.3 Å². The van der Waals surface area contributed by atoms with Gasteiger partial charge in [-0.1, -0.05) is 12.6 Å². The van der Waals surface area contributed by atoms with Crippen LogP contribution in [0.2, 0.25) is 0 Å². The molecule has 0 saturated carbocycles. The summed E-state index contributed by atoms with van der Waals surface area (Å²) in [4.78, 5) is 29.2. The normalized spacial score (nSPS) is 14.4. The van der Waals surface area contributed by atoms with Gasteiger partial charge in [-0.2, -0.15) is 4.98 Å². The predicted molar refractivity (Wildman–Crippen MR) is 150 cm³/mol. The van der Waals surface area contributed by atoms with Gasteiger partial charge in [-0.05, 0) is 56.3 Å². The first-order valence-corrected chi connectivity index (χ1v) is 12.7. The number of halogens is 1. The molecule has 1 fully saturated rings. The minimum Gasteiger partial charge on any atom is -0.389 e. The van der Waals surface area contributed by atoms with Gasteiger partial charge >= 0.3 is 0 Å². The lowest BCUT2D eigenvalue weighted by Crippen LogP contribution is -2.50. The number of carbonyl (C=O) groups excluding carboxylic acids is 1. The molecule has 1 amide bonds. The van der Waals surface area contributed by atoms with Crippen LogP contribution < -0.4 is 15.5 Å². The Morgan fingerprint density at radius 3 is 2.64 bits per heavy atom. The number of benzene rings is 2. The van der Waals surface area contributed by atoms with E-state index in [0.29, 0.717) is 53.8 Å². The fourth-order valence-corrected chi connectivity index (χ4v) is 4.65. The first-order chi connectivity index (χ1) is 18.7. The Bertz CT molecular complexity index is 1510. The maximum atomic E-state index is 15.1. The lowest BCUT2D eigenvalue weighted by molar-refractivity contribution is -0.111. The van der Waals surface area contributed by atoms with Gasteiger partial charge < -0.3 is 20.6 Å². The molecule has 0 bridgehead atoms. The molecular formula is C28H31FN8O2. The molecule has 4 aromatic rings. The van der Waals surface area contributed by atoms with E-state index < -0.39 is 5.60 Å². The summed E-state index contributed by atoms with van der Waals surface area (Å²) in [5.41, 5.74) is 2.82. The summed E-state index contributed by atoms with van der Waals surface area (Å²) in [6, 6.07) is 12.3. The standard InChI is InChI=1S/C28H31FN8O2/c1-4-25(38)32-19-6-5-7-21(14-19)37-18-31-23-16-30-27(34-26(23)37)33-20-8-9-24(22(29)15-20)36-12-10-35(11-13-36)17-28(2,3)39/h4-9,14-16,18,39H,1,10-13,17H2,2-3H3,(H,32,38)(H,30,33,34). The molecule has 39 heavy (non-hydrogen) atoms. The van der Waals surface area contributed by atoms with E-state index in [4.69, 9.17) is 0 Å². The van der Waals surface area contributed by atoms with Crippen molar-refractivity contribution < 1.29 is 14.3 Å². The number of nitrogens with one attached hydrogen (secondary N) is 2. The highest BCUT2D eigenvalue weighted by Gasteiger charge is 2.24. The van der Waals surface area contributed by atoms with Crippen LogP contribution in [0.25, 0.3) is 16.9 Å². The minimum atomic E-state index is -0.753. The van der Waals surface area contributed by atoms with E-state index in [0.717, 1.165) is 18.8 Å². The van der Waals surface area contributed by atoms with Gasteiger partial charge in [0, 0.05) is 44.1 Å². The van der Waals surface area contributed by atoms with Gasteiger partial charge in [0.2, 0.25) is 11.9 Å². The molecule has 2 aromatic carbocycles. The molecule has 0 unspecified atom stereocenters. The lowest BCUT2D eigenvalue weighted by Gasteiger charge is -2.38. The number of anilines is 4. The molecule has 1 aliphatic heterocycles. The zero-order valence-electron chi connectivity index (χ0n) is 21.9. The van der Waals surface area contributed by atoms with Crippen LogP contribution in [0, 0.1) is 5.82 Å². The van der Waals surface area contributed by atoms with Crippen molar-refractivity contribution in [2.24, 2.45) is 0 Å². The van der Waals surface area contributed by atoms with E-state index in [2.05, 4.69) is 37.1 Å². The highest BCUT2D eigenvalue weighted by molar-refractivity contribution is 5.99. The maximum Gasteiger partial charge on any atom is 0.247 e. The molecule has 5 rings (SSSR count). The summed E-state index contributed by atoms with van der Waals surface area (Å²) < 4.78 is 16.9. The first-order valence-electron chi connectivity index (χ1n) is 12.7. The number of amides is 1. The van der Waals surface area contributed by atoms with Gasteiger partial charge in [0.25, 0.3) is 0 Å². The summed E-state index contributed by atoms with van der Waals surface area (Å²) >= 11 is 0. The van der Waals surface area contributed by atoms with Crippen molar-refractivity contribution in [3.05, 3.63) is 73.5 Å². The smallest absolute Gasteiger partial charge is 0.247 e. The van der Waals surface area contributed by atoms with Gasteiger partial charge in [-0.25, -0.2) is 14.4 Å². The van der Waals surface area contributed by atoms with E-state index in [1.807, 2.05) is 17.0 Å². The van der Waals surface area contributed by atoms with Crippen LogP contribution in [0.3, 0.4) is 0 Å². The highest BCUT2D eigenvalue weighted by atomic mass is 19.1. The fourth-order valence-electron chi connectivity index (χ4n) is 4.65. The van der Waals surface area contributed by atoms with E-state index >= 15 is 4.39 Å². The Kier molecular flexibility index (Phi) is 7.27. The second-order valence-corrected chi connectivity index (χ2v) is 10.1. The molecule has 2 aromatic heterocycles. The molecule has 1 aliphatic rings. The van der Waals surface area contributed by atoms with E-state index in [1.54, 1.807) is 55.2 Å². The van der Waals surface area contributed by atoms with Gasteiger partial charge in [0.15, 0.2) is 5.65 Å². The highest BCUT2D eigenvalue weighted by Crippen LogP contribution is 2.26. The van der Waals surface area contributed by atoms with Crippen LogP contribution in [-0.4, -0.2) is 73.8 Å². The Balaban J connectivity index is 1.31. The minimum absolute atomic E-state index is 0.299. The third kappa shape index (κ3) is 6.21. The number of hydrogen-bond acceptors (Lipinski definition) is 8. The summed E-state index contributed by atoms with van der Waals surface area (Å²) in [5, 5.41) is 15.9. The Morgan fingerprint density at radius 2 is 1.92 bits per heavy atom. The Hall–Kier alpha value is -4.35. The second-order valence-electron chi connectivity index (χ2n) is 10.1. The maximum absolute atomic E-state index is 15.1. The molecule has 11 heteroatoms. The van der Waals surface area contributed by atoms with Crippen molar-refractivity contribution >= 4 is 40.1 Å². The van der Waals surface area contributed by atoms with Crippen LogP contribution in [-0.2, 0) is 4.79 Å². The first kappa shape index (κ1) is 26.3. The zero-order chi connectivity index (χ0) is 27.6. The molecule has 0 aliphatic carbocycles. The van der Waals surface area contributed by atoms with Gasteiger partial charge in [0.05, 0.1) is 23.2 Å². The number of fused-ring (bicyclic) bond motifs is 1. The SMILES string of the molecule is C=CC(=O)Nc1cccc(-n2cnc3cnc(Nc4ccc(N5CCN(CC(C)(C)O)CC5)c(F)c4)nc32)c1. The number of rotatable bonds is 8. The van der Waals surface area contributed by atoms with Crippen LogP contribution in [0.1, 0.15) is 13.8 Å². The largest absolute Gasteiger partial charge is 0.389 e. The molecule has 0 atom stereocenters.